The van der Waals surface area contributed by atoms with Crippen LogP contribution < -0.4 is 5.32 Å². The molecule has 2 aliphatic rings. The van der Waals surface area contributed by atoms with Gasteiger partial charge in [0.1, 0.15) is 0 Å². The quantitative estimate of drug-likeness (QED) is 0.840. The average Bonchev–Trinajstić information content (AvgIpc) is 2.38. The Kier molecular flexibility index (Phi) is 4.22. The molecule has 0 radical (unpaired) electrons. The Morgan fingerprint density at radius 3 is 2.53 bits per heavy atom. The first kappa shape index (κ1) is 13.2. The molecule has 1 heteroatoms. The molecule has 0 saturated heterocycles. The van der Waals surface area contributed by atoms with Gasteiger partial charge in [0.25, 0.3) is 0 Å². The minimum absolute atomic E-state index is 0.793. The van der Waals surface area contributed by atoms with Gasteiger partial charge in [0.05, 0.1) is 0 Å². The Hall–Kier alpha value is -0.820. The van der Waals surface area contributed by atoms with E-state index in [1.54, 1.807) is 11.1 Å². The van der Waals surface area contributed by atoms with Crippen molar-refractivity contribution in [2.45, 2.75) is 56.8 Å². The lowest BCUT2D eigenvalue weighted by atomic mass is 9.73. The summed E-state index contributed by atoms with van der Waals surface area (Å²) in [5.41, 5.74) is 3.22. The van der Waals surface area contributed by atoms with E-state index < -0.39 is 0 Å². The molecule has 104 valence electrons. The molecule has 0 aliphatic heterocycles. The molecule has 0 bridgehead atoms. The minimum atomic E-state index is 0.793. The minimum Gasteiger partial charge on any atom is -0.319 e. The maximum Gasteiger partial charge on any atom is -0.00177 e. The fourth-order valence-electron chi connectivity index (χ4n) is 3.94. The Morgan fingerprint density at radius 1 is 1.00 bits per heavy atom. The SMILES string of the molecule is CNCC1CCCCC1c1cccc(C2CCC2)c1. The van der Waals surface area contributed by atoms with Crippen molar-refractivity contribution < 1.29 is 0 Å². The second-order valence-electron chi connectivity index (χ2n) is 6.51. The van der Waals surface area contributed by atoms with Gasteiger partial charge in [-0.15, -0.1) is 0 Å². The van der Waals surface area contributed by atoms with Crippen molar-refractivity contribution in [3.05, 3.63) is 35.4 Å². The van der Waals surface area contributed by atoms with E-state index in [9.17, 15) is 0 Å². The molecule has 2 saturated carbocycles. The third kappa shape index (κ3) is 2.86. The Balaban J connectivity index is 1.78. The van der Waals surface area contributed by atoms with Crippen LogP contribution in [0.1, 0.15) is 67.9 Å². The van der Waals surface area contributed by atoms with Crippen LogP contribution in [-0.4, -0.2) is 13.6 Å². The third-order valence-electron chi connectivity index (χ3n) is 5.29. The first-order valence-electron chi connectivity index (χ1n) is 8.13. The molecular formula is C18H27N. The Morgan fingerprint density at radius 2 is 1.79 bits per heavy atom. The van der Waals surface area contributed by atoms with Gasteiger partial charge in [0.2, 0.25) is 0 Å². The normalized spacial score (nSPS) is 28.1. The van der Waals surface area contributed by atoms with Crippen LogP contribution in [-0.2, 0) is 0 Å². The molecule has 2 aliphatic carbocycles. The Labute approximate surface area is 117 Å². The van der Waals surface area contributed by atoms with E-state index in [4.69, 9.17) is 0 Å². The highest BCUT2D eigenvalue weighted by Gasteiger charge is 2.27. The highest BCUT2D eigenvalue weighted by Crippen LogP contribution is 2.41. The zero-order valence-electron chi connectivity index (χ0n) is 12.2. The van der Waals surface area contributed by atoms with Crippen LogP contribution in [0.25, 0.3) is 0 Å². The molecule has 2 fully saturated rings. The van der Waals surface area contributed by atoms with E-state index in [-0.39, 0.29) is 0 Å². The van der Waals surface area contributed by atoms with Crippen LogP contribution in [0.15, 0.2) is 24.3 Å². The first-order valence-corrected chi connectivity index (χ1v) is 8.13. The van der Waals surface area contributed by atoms with Gasteiger partial charge in [0.15, 0.2) is 0 Å². The highest BCUT2D eigenvalue weighted by molar-refractivity contribution is 5.30. The number of hydrogen-bond donors (Lipinski definition) is 1. The number of hydrogen-bond acceptors (Lipinski definition) is 1. The van der Waals surface area contributed by atoms with E-state index in [1.807, 2.05) is 0 Å². The van der Waals surface area contributed by atoms with Crippen molar-refractivity contribution in [1.29, 1.82) is 0 Å². The van der Waals surface area contributed by atoms with Crippen molar-refractivity contribution in [2.75, 3.05) is 13.6 Å². The maximum absolute atomic E-state index is 3.40. The molecule has 1 aromatic rings. The lowest BCUT2D eigenvalue weighted by molar-refractivity contribution is 0.301. The van der Waals surface area contributed by atoms with E-state index in [1.165, 1.54) is 51.5 Å². The van der Waals surface area contributed by atoms with Crippen LogP contribution >= 0.6 is 0 Å². The van der Waals surface area contributed by atoms with Crippen molar-refractivity contribution in [3.8, 4) is 0 Å². The molecule has 2 atom stereocenters. The predicted octanol–water partition coefficient (Wildman–Crippen LogP) is 4.45. The number of nitrogens with one attached hydrogen (secondary N) is 1. The van der Waals surface area contributed by atoms with E-state index in [0.717, 1.165) is 17.8 Å². The molecule has 0 amide bonds. The summed E-state index contributed by atoms with van der Waals surface area (Å²) in [5, 5.41) is 3.40. The molecule has 0 spiro atoms. The maximum atomic E-state index is 3.40. The van der Waals surface area contributed by atoms with E-state index in [2.05, 4.69) is 36.6 Å². The van der Waals surface area contributed by atoms with Crippen LogP contribution in [0, 0.1) is 5.92 Å². The van der Waals surface area contributed by atoms with Crippen molar-refractivity contribution in [1.82, 2.24) is 5.32 Å². The average molecular weight is 257 g/mol. The second-order valence-corrected chi connectivity index (χ2v) is 6.51. The van der Waals surface area contributed by atoms with Crippen molar-refractivity contribution in [2.24, 2.45) is 5.92 Å². The van der Waals surface area contributed by atoms with Crippen molar-refractivity contribution in [3.63, 3.8) is 0 Å². The van der Waals surface area contributed by atoms with Gasteiger partial charge < -0.3 is 5.32 Å². The summed E-state index contributed by atoms with van der Waals surface area (Å²) in [6, 6.07) is 9.56. The molecule has 19 heavy (non-hydrogen) atoms. The summed E-state index contributed by atoms with van der Waals surface area (Å²) in [5.74, 6) is 2.50. The zero-order valence-corrected chi connectivity index (χ0v) is 12.2. The number of rotatable bonds is 4. The predicted molar refractivity (Wildman–Crippen MR) is 81.7 cm³/mol. The summed E-state index contributed by atoms with van der Waals surface area (Å²) in [6.07, 6.45) is 9.88. The molecule has 1 N–H and O–H groups in total. The van der Waals surface area contributed by atoms with Gasteiger partial charge in [-0.2, -0.15) is 0 Å². The zero-order chi connectivity index (χ0) is 13.1. The van der Waals surface area contributed by atoms with Crippen LogP contribution in [0.2, 0.25) is 0 Å². The summed E-state index contributed by atoms with van der Waals surface area (Å²) in [4.78, 5) is 0. The molecule has 3 rings (SSSR count). The van der Waals surface area contributed by atoms with Gasteiger partial charge in [-0.1, -0.05) is 43.5 Å². The summed E-state index contributed by atoms with van der Waals surface area (Å²) in [7, 11) is 2.09. The fourth-order valence-corrected chi connectivity index (χ4v) is 3.94. The number of benzene rings is 1. The van der Waals surface area contributed by atoms with Crippen LogP contribution in [0.5, 0.6) is 0 Å². The molecular weight excluding hydrogens is 230 g/mol. The molecule has 0 heterocycles. The van der Waals surface area contributed by atoms with Gasteiger partial charge in [-0.05, 0) is 68.2 Å². The molecule has 1 aromatic carbocycles. The summed E-state index contributed by atoms with van der Waals surface area (Å²) >= 11 is 0. The lowest BCUT2D eigenvalue weighted by Gasteiger charge is -2.33. The van der Waals surface area contributed by atoms with E-state index >= 15 is 0 Å². The first-order chi connectivity index (χ1) is 9.38. The lowest BCUT2D eigenvalue weighted by Crippen LogP contribution is -2.27. The Bertz CT molecular complexity index is 406. The van der Waals surface area contributed by atoms with Crippen LogP contribution in [0.3, 0.4) is 0 Å². The topological polar surface area (TPSA) is 12.0 Å². The fraction of sp³-hybridized carbons (Fsp3) is 0.667. The summed E-state index contributed by atoms with van der Waals surface area (Å²) in [6.45, 7) is 1.18. The standard InChI is InChI=1S/C18H27N/c1-19-13-17-6-2-3-11-18(17)16-10-5-9-15(12-16)14-7-4-8-14/h5,9-10,12,14,17-19H,2-4,6-8,11,13H2,1H3. The van der Waals surface area contributed by atoms with Crippen molar-refractivity contribution >= 4 is 0 Å². The van der Waals surface area contributed by atoms with Gasteiger partial charge >= 0.3 is 0 Å². The molecule has 2 unspecified atom stereocenters. The second kappa shape index (κ2) is 6.09. The van der Waals surface area contributed by atoms with Gasteiger partial charge in [0, 0.05) is 0 Å². The molecule has 1 nitrogen and oxygen atoms in total. The van der Waals surface area contributed by atoms with E-state index in [0.29, 0.717) is 0 Å². The monoisotopic (exact) mass is 257 g/mol. The summed E-state index contributed by atoms with van der Waals surface area (Å²) < 4.78 is 0. The van der Waals surface area contributed by atoms with Gasteiger partial charge in [-0.3, -0.25) is 0 Å². The van der Waals surface area contributed by atoms with Gasteiger partial charge in [-0.25, -0.2) is 0 Å². The third-order valence-corrected chi connectivity index (χ3v) is 5.29. The van der Waals surface area contributed by atoms with Crippen LogP contribution in [0.4, 0.5) is 0 Å². The largest absolute Gasteiger partial charge is 0.319 e. The highest BCUT2D eigenvalue weighted by atomic mass is 14.8. The molecule has 0 aromatic heterocycles. The smallest absolute Gasteiger partial charge is 0.00177 e.